The van der Waals surface area contributed by atoms with Gasteiger partial charge in [0, 0.05) is 18.3 Å². The molecule has 306 valence electrons. The fraction of sp³-hybridized carbons (Fsp3) is 0.714. The van der Waals surface area contributed by atoms with E-state index >= 15 is 0 Å². The number of allylic oxidation sites excluding steroid dienone is 5. The first-order chi connectivity index (χ1) is 25.2. The number of hydrogen-bond donors (Lipinski definition) is 6. The Labute approximate surface area is 321 Å². The highest BCUT2D eigenvalue weighted by Gasteiger charge is 2.50. The van der Waals surface area contributed by atoms with Crippen molar-refractivity contribution in [1.29, 1.82) is 0 Å². The molecule has 0 aromatic carbocycles. The van der Waals surface area contributed by atoms with Crippen molar-refractivity contribution in [2.45, 2.75) is 181 Å². The quantitative estimate of drug-likeness (QED) is 0.0912. The van der Waals surface area contributed by atoms with E-state index in [4.69, 9.17) is 18.9 Å². The fourth-order valence-corrected chi connectivity index (χ4v) is 7.37. The van der Waals surface area contributed by atoms with Gasteiger partial charge in [-0.05, 0) is 104 Å². The number of Topliss-reactive ketones (excluding diaryl/α,β-unsaturated/α-hetero) is 2. The van der Waals surface area contributed by atoms with Crippen molar-refractivity contribution in [3.63, 3.8) is 0 Å². The number of ketones is 2. The van der Waals surface area contributed by atoms with Gasteiger partial charge in [-0.25, -0.2) is 0 Å². The minimum absolute atomic E-state index is 0.0260. The van der Waals surface area contributed by atoms with Gasteiger partial charge in [-0.2, -0.15) is 0 Å². The van der Waals surface area contributed by atoms with Crippen LogP contribution in [0.1, 0.15) is 107 Å². The lowest BCUT2D eigenvalue weighted by molar-refractivity contribution is -0.354. The first-order valence-electron chi connectivity index (χ1n) is 19.2. The molecule has 3 rings (SSSR count). The number of ether oxygens (including phenoxy) is 4. The van der Waals surface area contributed by atoms with E-state index in [2.05, 4.69) is 6.58 Å². The Morgan fingerprint density at radius 2 is 1.35 bits per heavy atom. The number of hydrogen-bond acceptors (Lipinski definition) is 12. The van der Waals surface area contributed by atoms with Crippen LogP contribution >= 0.6 is 0 Å². The Morgan fingerprint density at radius 3 is 1.98 bits per heavy atom. The number of rotatable bonds is 17. The molecule has 3 aliphatic rings. The standard InChI is InChI=1S/C42H66O12/c1-22(2)13-17-30(43)24(5)16-20-33(45)42(10)21-11-12-29(42)26(7)31(44)18-15-25(6)32(19-14-23(3)4)53-40-38(50)36(48)39(28(9)52-40)54-41-37(49)35(47)34(46)27(8)51-41/h13-16,27-30,32,34-41,43,46-50H,7,11-12,17-21H2,1-6,8-10H3. The molecule has 2 aliphatic heterocycles. The third-order valence-electron chi connectivity index (χ3n) is 11.3. The maximum Gasteiger partial charge on any atom is 0.187 e. The van der Waals surface area contributed by atoms with Crippen LogP contribution in [0.5, 0.6) is 0 Å². The predicted molar refractivity (Wildman–Crippen MR) is 204 cm³/mol. The molecule has 0 bridgehead atoms. The summed E-state index contributed by atoms with van der Waals surface area (Å²) >= 11 is 0. The van der Waals surface area contributed by atoms with Gasteiger partial charge >= 0.3 is 0 Å². The SMILES string of the molecule is C=C(C(=O)CC=C(C)C(CC=C(C)C)OC1OC(C)C(OC2OC(C)C(O)C(O)C2O)C(O)C1O)C1CCCC1(C)C(=O)CC=C(C)C(O)CC=C(C)C. The van der Waals surface area contributed by atoms with Crippen LogP contribution in [0.3, 0.4) is 0 Å². The van der Waals surface area contributed by atoms with Crippen molar-refractivity contribution in [1.82, 2.24) is 0 Å². The summed E-state index contributed by atoms with van der Waals surface area (Å²) < 4.78 is 23.5. The van der Waals surface area contributed by atoms with Gasteiger partial charge < -0.3 is 49.6 Å². The molecule has 14 atom stereocenters. The molecule has 3 fully saturated rings. The van der Waals surface area contributed by atoms with Crippen molar-refractivity contribution >= 4 is 11.6 Å². The zero-order valence-corrected chi connectivity index (χ0v) is 33.6. The Hall–Kier alpha value is -2.36. The summed E-state index contributed by atoms with van der Waals surface area (Å²) in [5.41, 5.74) is 3.26. The lowest BCUT2D eigenvalue weighted by Gasteiger charge is -2.45. The first kappa shape index (κ1) is 46.0. The van der Waals surface area contributed by atoms with Crippen LogP contribution in [-0.2, 0) is 28.5 Å². The van der Waals surface area contributed by atoms with E-state index in [1.54, 1.807) is 19.1 Å². The van der Waals surface area contributed by atoms with Crippen LogP contribution < -0.4 is 0 Å². The lowest BCUT2D eigenvalue weighted by Crippen LogP contribution is -2.63. The zero-order valence-electron chi connectivity index (χ0n) is 33.6. The Bertz CT molecular complexity index is 1420. The molecule has 1 aliphatic carbocycles. The molecule has 54 heavy (non-hydrogen) atoms. The molecule has 14 unspecified atom stereocenters. The molecule has 12 nitrogen and oxygen atoms in total. The maximum absolute atomic E-state index is 13.6. The monoisotopic (exact) mass is 762 g/mol. The van der Waals surface area contributed by atoms with Crippen molar-refractivity contribution in [3.05, 3.63) is 58.7 Å². The molecular weight excluding hydrogens is 696 g/mol. The summed E-state index contributed by atoms with van der Waals surface area (Å²) in [5, 5.41) is 63.3. The summed E-state index contributed by atoms with van der Waals surface area (Å²) in [7, 11) is 0. The minimum Gasteiger partial charge on any atom is -0.388 e. The topological polar surface area (TPSA) is 192 Å². The molecule has 6 N–H and O–H groups in total. The summed E-state index contributed by atoms with van der Waals surface area (Å²) in [6.07, 6.45) is -3.71. The van der Waals surface area contributed by atoms with E-state index in [9.17, 15) is 40.2 Å². The molecule has 0 radical (unpaired) electrons. The molecule has 0 aromatic heterocycles. The van der Waals surface area contributed by atoms with Crippen molar-refractivity contribution in [2.24, 2.45) is 11.3 Å². The Kier molecular flexibility index (Phi) is 17.2. The van der Waals surface area contributed by atoms with Gasteiger partial charge in [0.05, 0.1) is 24.4 Å². The first-order valence-corrected chi connectivity index (χ1v) is 19.2. The average Bonchev–Trinajstić information content (AvgIpc) is 3.53. The van der Waals surface area contributed by atoms with Crippen LogP contribution in [0.2, 0.25) is 0 Å². The van der Waals surface area contributed by atoms with Crippen LogP contribution in [-0.4, -0.2) is 116 Å². The molecule has 0 amide bonds. The van der Waals surface area contributed by atoms with Crippen LogP contribution in [0, 0.1) is 11.3 Å². The second kappa shape index (κ2) is 20.2. The van der Waals surface area contributed by atoms with Gasteiger partial charge in [0.2, 0.25) is 0 Å². The highest BCUT2D eigenvalue weighted by molar-refractivity contribution is 5.98. The smallest absolute Gasteiger partial charge is 0.187 e. The van der Waals surface area contributed by atoms with Gasteiger partial charge in [0.25, 0.3) is 0 Å². The second-order valence-electron chi connectivity index (χ2n) is 16.2. The minimum atomic E-state index is -1.60. The van der Waals surface area contributed by atoms with Gasteiger partial charge in [-0.3, -0.25) is 9.59 Å². The van der Waals surface area contributed by atoms with Crippen LogP contribution in [0.25, 0.3) is 0 Å². The highest BCUT2D eigenvalue weighted by Crippen LogP contribution is 2.48. The van der Waals surface area contributed by atoms with Gasteiger partial charge in [0.1, 0.15) is 42.4 Å². The highest BCUT2D eigenvalue weighted by atomic mass is 16.7. The van der Waals surface area contributed by atoms with E-state index in [-0.39, 0.29) is 30.3 Å². The van der Waals surface area contributed by atoms with Crippen LogP contribution in [0.4, 0.5) is 0 Å². The van der Waals surface area contributed by atoms with Crippen molar-refractivity contribution < 1.29 is 59.2 Å². The molecule has 2 saturated heterocycles. The molecule has 1 saturated carbocycles. The number of aliphatic hydroxyl groups is 6. The maximum atomic E-state index is 13.6. The van der Waals surface area contributed by atoms with E-state index in [0.29, 0.717) is 36.8 Å². The van der Waals surface area contributed by atoms with Gasteiger partial charge in [0.15, 0.2) is 18.4 Å². The average molecular weight is 763 g/mol. The second-order valence-corrected chi connectivity index (χ2v) is 16.2. The van der Waals surface area contributed by atoms with Gasteiger partial charge in [-0.1, -0.05) is 55.4 Å². The molecular formula is C42H66O12. The Balaban J connectivity index is 1.68. The largest absolute Gasteiger partial charge is 0.388 e. The summed E-state index contributed by atoms with van der Waals surface area (Å²) in [6, 6.07) is 0. The number of aliphatic hydroxyl groups excluding tert-OH is 6. The summed E-state index contributed by atoms with van der Waals surface area (Å²) in [6.45, 7) is 20.6. The van der Waals surface area contributed by atoms with E-state index in [1.165, 1.54) is 6.92 Å². The molecule has 12 heteroatoms. The molecule has 0 aromatic rings. The normalized spacial score (nSPS) is 35.9. The number of carbonyl (C=O) groups is 2. The number of carbonyl (C=O) groups excluding carboxylic acids is 2. The molecule has 2 heterocycles. The zero-order chi connectivity index (χ0) is 40.7. The summed E-state index contributed by atoms with van der Waals surface area (Å²) in [4.78, 5) is 27.2. The summed E-state index contributed by atoms with van der Waals surface area (Å²) in [5.74, 6) is -0.450. The lowest BCUT2D eigenvalue weighted by atomic mass is 9.71. The fourth-order valence-electron chi connectivity index (χ4n) is 7.37. The van der Waals surface area contributed by atoms with Crippen LogP contribution in [0.15, 0.2) is 58.7 Å². The van der Waals surface area contributed by atoms with E-state index < -0.39 is 79.0 Å². The third kappa shape index (κ3) is 11.6. The van der Waals surface area contributed by atoms with Crippen molar-refractivity contribution in [3.8, 4) is 0 Å². The predicted octanol–water partition coefficient (Wildman–Crippen LogP) is 4.30. The Morgan fingerprint density at radius 1 is 0.778 bits per heavy atom. The third-order valence-corrected chi connectivity index (χ3v) is 11.3. The van der Waals surface area contributed by atoms with E-state index in [0.717, 1.165) is 23.1 Å². The van der Waals surface area contributed by atoms with E-state index in [1.807, 2.05) is 60.6 Å². The van der Waals surface area contributed by atoms with Crippen molar-refractivity contribution in [2.75, 3.05) is 0 Å². The van der Waals surface area contributed by atoms with Gasteiger partial charge in [-0.15, -0.1) is 0 Å². The molecule has 0 spiro atoms.